The van der Waals surface area contributed by atoms with Crippen molar-refractivity contribution in [3.63, 3.8) is 0 Å². The summed E-state index contributed by atoms with van der Waals surface area (Å²) in [5.41, 5.74) is 2.21. The summed E-state index contributed by atoms with van der Waals surface area (Å²) >= 11 is 0. The maximum absolute atomic E-state index is 10.7. The summed E-state index contributed by atoms with van der Waals surface area (Å²) in [6.45, 7) is 6.19. The predicted octanol–water partition coefficient (Wildman–Crippen LogP) is 3.11. The van der Waals surface area contributed by atoms with Gasteiger partial charge in [-0.2, -0.15) is 0 Å². The van der Waals surface area contributed by atoms with Crippen molar-refractivity contribution in [2.24, 2.45) is 5.41 Å². The van der Waals surface area contributed by atoms with E-state index in [9.17, 15) is 10.1 Å². The summed E-state index contributed by atoms with van der Waals surface area (Å²) < 4.78 is 0. The van der Waals surface area contributed by atoms with Crippen LogP contribution in [0.1, 0.15) is 25.8 Å². The van der Waals surface area contributed by atoms with E-state index in [1.165, 1.54) is 0 Å². The standard InChI is InChI=1S/C12H16N2O2/c1-8-6-9(4-5-10(8)14(15)16)13-11-7-12(11,2)3/h4-6,11,13H,7H2,1-3H3. The minimum absolute atomic E-state index is 0.181. The molecule has 1 unspecified atom stereocenters. The van der Waals surface area contributed by atoms with E-state index in [-0.39, 0.29) is 10.6 Å². The number of hydrogen-bond acceptors (Lipinski definition) is 3. The number of benzene rings is 1. The van der Waals surface area contributed by atoms with Gasteiger partial charge < -0.3 is 5.32 Å². The molecule has 86 valence electrons. The Bertz CT molecular complexity index is 441. The van der Waals surface area contributed by atoms with Crippen LogP contribution in [0.3, 0.4) is 0 Å². The van der Waals surface area contributed by atoms with Gasteiger partial charge in [0.1, 0.15) is 0 Å². The van der Waals surface area contributed by atoms with Crippen LogP contribution in [-0.4, -0.2) is 11.0 Å². The SMILES string of the molecule is Cc1cc(NC2CC2(C)C)ccc1[N+](=O)[O-]. The lowest BCUT2D eigenvalue weighted by Gasteiger charge is -2.08. The summed E-state index contributed by atoms with van der Waals surface area (Å²) in [6.07, 6.45) is 1.16. The van der Waals surface area contributed by atoms with E-state index in [0.717, 1.165) is 12.1 Å². The molecule has 0 aliphatic heterocycles. The normalized spacial score (nSPS) is 21.6. The highest BCUT2D eigenvalue weighted by Gasteiger charge is 2.45. The summed E-state index contributed by atoms with van der Waals surface area (Å²) in [5.74, 6) is 0. The Morgan fingerprint density at radius 2 is 2.12 bits per heavy atom. The summed E-state index contributed by atoms with van der Waals surface area (Å²) in [5, 5.41) is 14.0. The van der Waals surface area contributed by atoms with Gasteiger partial charge in [-0.3, -0.25) is 10.1 Å². The number of anilines is 1. The van der Waals surface area contributed by atoms with Gasteiger partial charge in [0.15, 0.2) is 0 Å². The van der Waals surface area contributed by atoms with E-state index >= 15 is 0 Å². The van der Waals surface area contributed by atoms with Crippen LogP contribution in [0.25, 0.3) is 0 Å². The Morgan fingerprint density at radius 1 is 1.50 bits per heavy atom. The van der Waals surface area contributed by atoms with E-state index < -0.39 is 0 Å². The number of nitro benzene ring substituents is 1. The first kappa shape index (κ1) is 10.9. The lowest BCUT2D eigenvalue weighted by atomic mass is 10.1. The molecule has 0 saturated heterocycles. The predicted molar refractivity (Wildman–Crippen MR) is 63.6 cm³/mol. The highest BCUT2D eigenvalue weighted by Crippen LogP contribution is 2.46. The molecular formula is C12H16N2O2. The van der Waals surface area contributed by atoms with Crippen molar-refractivity contribution >= 4 is 11.4 Å². The van der Waals surface area contributed by atoms with Crippen LogP contribution in [-0.2, 0) is 0 Å². The fraction of sp³-hybridized carbons (Fsp3) is 0.500. The molecular weight excluding hydrogens is 204 g/mol. The number of aryl methyl sites for hydroxylation is 1. The van der Waals surface area contributed by atoms with Crippen molar-refractivity contribution in [2.45, 2.75) is 33.2 Å². The molecule has 1 saturated carbocycles. The van der Waals surface area contributed by atoms with Crippen LogP contribution in [0.5, 0.6) is 0 Å². The molecule has 4 nitrogen and oxygen atoms in total. The van der Waals surface area contributed by atoms with Crippen molar-refractivity contribution in [3.8, 4) is 0 Å². The zero-order valence-electron chi connectivity index (χ0n) is 9.78. The van der Waals surface area contributed by atoms with Gasteiger partial charge >= 0.3 is 0 Å². The van der Waals surface area contributed by atoms with Crippen molar-refractivity contribution in [1.82, 2.24) is 0 Å². The molecule has 2 rings (SSSR count). The second-order valence-corrected chi connectivity index (χ2v) is 5.15. The average molecular weight is 220 g/mol. The topological polar surface area (TPSA) is 55.2 Å². The smallest absolute Gasteiger partial charge is 0.272 e. The largest absolute Gasteiger partial charge is 0.382 e. The molecule has 0 heterocycles. The molecule has 4 heteroatoms. The Balaban J connectivity index is 2.13. The monoisotopic (exact) mass is 220 g/mol. The molecule has 1 aromatic carbocycles. The summed E-state index contributed by atoms with van der Waals surface area (Å²) in [7, 11) is 0. The van der Waals surface area contributed by atoms with Crippen molar-refractivity contribution < 1.29 is 4.92 Å². The van der Waals surface area contributed by atoms with Crippen LogP contribution in [0.2, 0.25) is 0 Å². The third-order valence-electron chi connectivity index (χ3n) is 3.25. The number of nitrogens with one attached hydrogen (secondary N) is 1. The van der Waals surface area contributed by atoms with Crippen LogP contribution < -0.4 is 5.32 Å². The maximum atomic E-state index is 10.7. The molecule has 1 aromatic rings. The number of hydrogen-bond donors (Lipinski definition) is 1. The van der Waals surface area contributed by atoms with Crippen LogP contribution >= 0.6 is 0 Å². The fourth-order valence-corrected chi connectivity index (χ4v) is 1.86. The number of nitro groups is 1. The fourth-order valence-electron chi connectivity index (χ4n) is 1.86. The molecule has 0 radical (unpaired) electrons. The van der Waals surface area contributed by atoms with Gasteiger partial charge in [0, 0.05) is 23.4 Å². The van der Waals surface area contributed by atoms with Crippen molar-refractivity contribution in [1.29, 1.82) is 0 Å². The minimum atomic E-state index is -0.347. The van der Waals surface area contributed by atoms with Gasteiger partial charge in [0.25, 0.3) is 5.69 Å². The number of rotatable bonds is 3. The maximum Gasteiger partial charge on any atom is 0.272 e. The first-order chi connectivity index (χ1) is 7.40. The zero-order valence-corrected chi connectivity index (χ0v) is 9.78. The van der Waals surface area contributed by atoms with Crippen molar-refractivity contribution in [3.05, 3.63) is 33.9 Å². The van der Waals surface area contributed by atoms with Gasteiger partial charge in [0.05, 0.1) is 4.92 Å². The van der Waals surface area contributed by atoms with Crippen molar-refractivity contribution in [2.75, 3.05) is 5.32 Å². The van der Waals surface area contributed by atoms with Gasteiger partial charge in [-0.1, -0.05) is 13.8 Å². The molecule has 0 amide bonds. The Labute approximate surface area is 94.8 Å². The van der Waals surface area contributed by atoms with E-state index in [2.05, 4.69) is 19.2 Å². The summed E-state index contributed by atoms with van der Waals surface area (Å²) in [4.78, 5) is 10.3. The van der Waals surface area contributed by atoms with Crippen LogP contribution in [0.4, 0.5) is 11.4 Å². The van der Waals surface area contributed by atoms with Crippen LogP contribution in [0, 0.1) is 22.5 Å². The zero-order chi connectivity index (χ0) is 11.9. The Hall–Kier alpha value is -1.58. The third-order valence-corrected chi connectivity index (χ3v) is 3.25. The Morgan fingerprint density at radius 3 is 2.56 bits per heavy atom. The molecule has 16 heavy (non-hydrogen) atoms. The molecule has 0 spiro atoms. The van der Waals surface area contributed by atoms with E-state index in [4.69, 9.17) is 0 Å². The quantitative estimate of drug-likeness (QED) is 0.629. The third kappa shape index (κ3) is 2.01. The second-order valence-electron chi connectivity index (χ2n) is 5.15. The first-order valence-corrected chi connectivity index (χ1v) is 5.42. The Kier molecular flexibility index (Phi) is 2.37. The van der Waals surface area contributed by atoms with E-state index in [1.54, 1.807) is 19.1 Å². The molecule has 1 aliphatic carbocycles. The highest BCUT2D eigenvalue weighted by molar-refractivity contribution is 5.54. The van der Waals surface area contributed by atoms with Crippen LogP contribution in [0.15, 0.2) is 18.2 Å². The van der Waals surface area contributed by atoms with Gasteiger partial charge in [-0.25, -0.2) is 0 Å². The van der Waals surface area contributed by atoms with E-state index in [1.807, 2.05) is 6.07 Å². The second kappa shape index (κ2) is 3.47. The molecule has 1 N–H and O–H groups in total. The molecule has 1 aliphatic rings. The first-order valence-electron chi connectivity index (χ1n) is 5.42. The van der Waals surface area contributed by atoms with Gasteiger partial charge in [-0.15, -0.1) is 0 Å². The molecule has 1 atom stereocenters. The summed E-state index contributed by atoms with van der Waals surface area (Å²) in [6, 6.07) is 5.67. The molecule has 1 fully saturated rings. The average Bonchev–Trinajstić information content (AvgIpc) is 2.72. The lowest BCUT2D eigenvalue weighted by Crippen LogP contribution is -2.08. The van der Waals surface area contributed by atoms with Gasteiger partial charge in [0.2, 0.25) is 0 Å². The number of nitrogens with zero attached hydrogens (tertiary/aromatic N) is 1. The van der Waals surface area contributed by atoms with Gasteiger partial charge in [-0.05, 0) is 30.9 Å². The van der Waals surface area contributed by atoms with E-state index in [0.29, 0.717) is 17.0 Å². The molecule has 0 aromatic heterocycles. The highest BCUT2D eigenvalue weighted by atomic mass is 16.6. The lowest BCUT2D eigenvalue weighted by molar-refractivity contribution is -0.385. The molecule has 0 bridgehead atoms. The minimum Gasteiger partial charge on any atom is -0.382 e.